The summed E-state index contributed by atoms with van der Waals surface area (Å²) in [5, 5.41) is 6.40. The van der Waals surface area contributed by atoms with Crippen LogP contribution in [0.15, 0.2) is 60.7 Å². The Balaban J connectivity index is 1.75. The smallest absolute Gasteiger partial charge is 0.242 e. The summed E-state index contributed by atoms with van der Waals surface area (Å²) in [6.07, 6.45) is 0. The van der Waals surface area contributed by atoms with Gasteiger partial charge in [-0.1, -0.05) is 60.7 Å². The molecular weight excluding hydrogens is 236 g/mol. The van der Waals surface area contributed by atoms with Gasteiger partial charge in [0.25, 0.3) is 0 Å². The Morgan fingerprint density at radius 1 is 0.842 bits per heavy atom. The first-order chi connectivity index (χ1) is 9.34. The number of hydrogen-bond acceptors (Lipinski definition) is 2. The van der Waals surface area contributed by atoms with E-state index in [0.717, 1.165) is 17.7 Å². The summed E-state index contributed by atoms with van der Waals surface area (Å²) in [6.45, 7) is 0.745. The van der Waals surface area contributed by atoms with Gasteiger partial charge in [-0.2, -0.15) is 0 Å². The number of rotatable bonds is 2. The van der Waals surface area contributed by atoms with Crippen LogP contribution in [-0.2, 0) is 4.79 Å². The van der Waals surface area contributed by atoms with Crippen molar-refractivity contribution in [3.05, 3.63) is 71.8 Å². The van der Waals surface area contributed by atoms with Gasteiger partial charge in [0.1, 0.15) is 6.04 Å². The molecule has 0 aromatic heterocycles. The minimum absolute atomic E-state index is 0.0336. The second kappa shape index (κ2) is 5.24. The van der Waals surface area contributed by atoms with Gasteiger partial charge in [0.05, 0.1) is 6.04 Å². The molecule has 2 aromatic rings. The number of carbonyl (C=O) groups excluding carboxylic acids is 1. The van der Waals surface area contributed by atoms with Gasteiger partial charge in [0.2, 0.25) is 5.91 Å². The Hall–Kier alpha value is -2.13. The third kappa shape index (κ3) is 2.51. The molecule has 1 amide bonds. The highest BCUT2D eigenvalue weighted by molar-refractivity contribution is 5.84. The van der Waals surface area contributed by atoms with Crippen LogP contribution in [0.4, 0.5) is 0 Å². The summed E-state index contributed by atoms with van der Waals surface area (Å²) in [7, 11) is 0. The van der Waals surface area contributed by atoms with E-state index in [1.54, 1.807) is 0 Å². The van der Waals surface area contributed by atoms with Crippen LogP contribution in [0, 0.1) is 0 Å². The summed E-state index contributed by atoms with van der Waals surface area (Å²) in [6, 6.07) is 19.6. The highest BCUT2D eigenvalue weighted by Crippen LogP contribution is 2.21. The second-order valence-electron chi connectivity index (χ2n) is 4.72. The summed E-state index contributed by atoms with van der Waals surface area (Å²) < 4.78 is 0. The van der Waals surface area contributed by atoms with E-state index in [2.05, 4.69) is 10.6 Å². The van der Waals surface area contributed by atoms with E-state index in [1.807, 2.05) is 60.7 Å². The van der Waals surface area contributed by atoms with E-state index in [1.165, 1.54) is 0 Å². The van der Waals surface area contributed by atoms with Crippen molar-refractivity contribution in [2.45, 2.75) is 12.1 Å². The van der Waals surface area contributed by atoms with E-state index >= 15 is 0 Å². The molecule has 0 spiro atoms. The van der Waals surface area contributed by atoms with Crippen LogP contribution in [0.5, 0.6) is 0 Å². The highest BCUT2D eigenvalue weighted by Gasteiger charge is 2.28. The van der Waals surface area contributed by atoms with Crippen molar-refractivity contribution in [3.8, 4) is 0 Å². The zero-order valence-electron chi connectivity index (χ0n) is 10.5. The highest BCUT2D eigenvalue weighted by atomic mass is 16.2. The summed E-state index contributed by atoms with van der Waals surface area (Å²) >= 11 is 0. The number of benzene rings is 2. The average molecular weight is 252 g/mol. The van der Waals surface area contributed by atoms with Crippen molar-refractivity contribution in [2.75, 3.05) is 6.54 Å². The number of nitrogens with one attached hydrogen (secondary N) is 2. The Bertz CT molecular complexity index is 553. The van der Waals surface area contributed by atoms with E-state index in [-0.39, 0.29) is 18.0 Å². The topological polar surface area (TPSA) is 41.1 Å². The molecule has 2 aromatic carbocycles. The molecule has 1 fully saturated rings. The predicted molar refractivity (Wildman–Crippen MR) is 74.5 cm³/mol. The number of amides is 1. The van der Waals surface area contributed by atoms with Crippen LogP contribution in [0.1, 0.15) is 23.2 Å². The molecule has 19 heavy (non-hydrogen) atoms. The zero-order valence-corrected chi connectivity index (χ0v) is 10.5. The second-order valence-corrected chi connectivity index (χ2v) is 4.72. The molecule has 3 heteroatoms. The Morgan fingerprint density at radius 2 is 1.42 bits per heavy atom. The standard InChI is InChI=1S/C16H16N2O/c19-16-15(13-9-5-2-6-10-13)17-11-14(18-16)12-7-3-1-4-8-12/h1-10,14-15,17H,11H2,(H,18,19). The van der Waals surface area contributed by atoms with Gasteiger partial charge >= 0.3 is 0 Å². The van der Waals surface area contributed by atoms with E-state index in [0.29, 0.717) is 0 Å². The third-order valence-corrected chi connectivity index (χ3v) is 3.44. The van der Waals surface area contributed by atoms with Gasteiger partial charge in [-0.15, -0.1) is 0 Å². The molecule has 2 atom stereocenters. The maximum atomic E-state index is 12.2. The lowest BCUT2D eigenvalue weighted by Gasteiger charge is -2.31. The van der Waals surface area contributed by atoms with Crippen molar-refractivity contribution in [1.29, 1.82) is 0 Å². The largest absolute Gasteiger partial charge is 0.346 e. The first kappa shape index (κ1) is 11.9. The molecule has 2 N–H and O–H groups in total. The Kier molecular flexibility index (Phi) is 3.29. The van der Waals surface area contributed by atoms with Crippen LogP contribution < -0.4 is 10.6 Å². The Labute approximate surface area is 112 Å². The van der Waals surface area contributed by atoms with Crippen LogP contribution in [0.3, 0.4) is 0 Å². The SMILES string of the molecule is O=C1NC(c2ccccc2)CNC1c1ccccc1. The lowest BCUT2D eigenvalue weighted by Crippen LogP contribution is -2.49. The Morgan fingerprint density at radius 3 is 2.00 bits per heavy atom. The molecule has 1 saturated heterocycles. The van der Waals surface area contributed by atoms with Crippen LogP contribution >= 0.6 is 0 Å². The van der Waals surface area contributed by atoms with Gasteiger partial charge in [0, 0.05) is 6.54 Å². The zero-order chi connectivity index (χ0) is 13.1. The van der Waals surface area contributed by atoms with Gasteiger partial charge in [-0.25, -0.2) is 0 Å². The van der Waals surface area contributed by atoms with Crippen molar-refractivity contribution >= 4 is 5.91 Å². The maximum Gasteiger partial charge on any atom is 0.242 e. The first-order valence-corrected chi connectivity index (χ1v) is 6.48. The average Bonchev–Trinajstić information content (AvgIpc) is 2.49. The molecule has 0 aliphatic carbocycles. The van der Waals surface area contributed by atoms with Gasteiger partial charge in [0.15, 0.2) is 0 Å². The van der Waals surface area contributed by atoms with Gasteiger partial charge < -0.3 is 5.32 Å². The first-order valence-electron chi connectivity index (χ1n) is 6.48. The fourth-order valence-corrected chi connectivity index (χ4v) is 2.44. The molecule has 3 nitrogen and oxygen atoms in total. The van der Waals surface area contributed by atoms with Crippen LogP contribution in [0.2, 0.25) is 0 Å². The normalized spacial score (nSPS) is 22.8. The quantitative estimate of drug-likeness (QED) is 0.860. The van der Waals surface area contributed by atoms with Crippen molar-refractivity contribution in [1.82, 2.24) is 10.6 Å². The van der Waals surface area contributed by atoms with Gasteiger partial charge in [-0.3, -0.25) is 10.1 Å². The molecule has 1 aliphatic rings. The third-order valence-electron chi connectivity index (χ3n) is 3.44. The fraction of sp³-hybridized carbons (Fsp3) is 0.188. The molecule has 2 unspecified atom stereocenters. The number of hydrogen-bond donors (Lipinski definition) is 2. The molecule has 0 bridgehead atoms. The number of piperazine rings is 1. The minimum Gasteiger partial charge on any atom is -0.346 e. The molecule has 3 rings (SSSR count). The van der Waals surface area contributed by atoms with Gasteiger partial charge in [-0.05, 0) is 11.1 Å². The van der Waals surface area contributed by atoms with Crippen molar-refractivity contribution < 1.29 is 4.79 Å². The lowest BCUT2D eigenvalue weighted by molar-refractivity contribution is -0.125. The predicted octanol–water partition coefficient (Wildman–Crippen LogP) is 2.19. The molecule has 0 saturated carbocycles. The summed E-state index contributed by atoms with van der Waals surface area (Å²) in [5.74, 6) is 0.0336. The van der Waals surface area contributed by atoms with E-state index in [9.17, 15) is 4.79 Å². The molecule has 1 heterocycles. The fourth-order valence-electron chi connectivity index (χ4n) is 2.44. The van der Waals surface area contributed by atoms with E-state index < -0.39 is 0 Å². The monoisotopic (exact) mass is 252 g/mol. The molecular formula is C16H16N2O. The van der Waals surface area contributed by atoms with Crippen LogP contribution in [0.25, 0.3) is 0 Å². The van der Waals surface area contributed by atoms with Crippen molar-refractivity contribution in [3.63, 3.8) is 0 Å². The molecule has 0 radical (unpaired) electrons. The molecule has 96 valence electrons. The summed E-state index contributed by atoms with van der Waals surface area (Å²) in [4.78, 5) is 12.2. The number of carbonyl (C=O) groups is 1. The molecule has 1 aliphatic heterocycles. The van der Waals surface area contributed by atoms with Crippen molar-refractivity contribution in [2.24, 2.45) is 0 Å². The van der Waals surface area contributed by atoms with Crippen LogP contribution in [-0.4, -0.2) is 12.5 Å². The minimum atomic E-state index is -0.249. The summed E-state index contributed by atoms with van der Waals surface area (Å²) in [5.41, 5.74) is 2.14. The lowest BCUT2D eigenvalue weighted by atomic mass is 9.99. The van der Waals surface area contributed by atoms with E-state index in [4.69, 9.17) is 0 Å². The maximum absolute atomic E-state index is 12.2.